The van der Waals surface area contributed by atoms with Crippen LogP contribution in [0.25, 0.3) is 11.1 Å². The fourth-order valence-electron chi connectivity index (χ4n) is 3.97. The SMILES string of the molecule is CCOC(=O)c1c(NC(=S)Nc2ccccc2-c2ccccc2)sc2c1CCCCC2. The third-order valence-corrected chi connectivity index (χ3v) is 6.80. The molecule has 6 heteroatoms. The van der Waals surface area contributed by atoms with E-state index in [2.05, 4.69) is 28.8 Å². The van der Waals surface area contributed by atoms with E-state index in [9.17, 15) is 4.79 Å². The van der Waals surface area contributed by atoms with E-state index in [1.807, 2.05) is 43.3 Å². The number of carbonyl (C=O) groups is 1. The zero-order valence-corrected chi connectivity index (χ0v) is 19.2. The molecule has 1 aromatic heterocycles. The van der Waals surface area contributed by atoms with E-state index < -0.39 is 0 Å². The smallest absolute Gasteiger partial charge is 0.341 e. The topological polar surface area (TPSA) is 50.4 Å². The molecule has 160 valence electrons. The highest BCUT2D eigenvalue weighted by molar-refractivity contribution is 7.80. The van der Waals surface area contributed by atoms with Gasteiger partial charge in [-0.05, 0) is 62.0 Å². The highest BCUT2D eigenvalue weighted by atomic mass is 32.1. The second-order valence-corrected chi connectivity index (χ2v) is 8.99. The summed E-state index contributed by atoms with van der Waals surface area (Å²) in [5.41, 5.74) is 4.89. The summed E-state index contributed by atoms with van der Waals surface area (Å²) in [5.74, 6) is -0.267. The third kappa shape index (κ3) is 4.97. The Morgan fingerprint density at radius 1 is 1.00 bits per heavy atom. The lowest BCUT2D eigenvalue weighted by Gasteiger charge is -2.15. The Labute approximate surface area is 192 Å². The first-order valence-electron chi connectivity index (χ1n) is 10.7. The zero-order valence-electron chi connectivity index (χ0n) is 17.6. The number of benzene rings is 2. The summed E-state index contributed by atoms with van der Waals surface area (Å²) in [6.07, 6.45) is 5.37. The lowest BCUT2D eigenvalue weighted by Crippen LogP contribution is -2.21. The van der Waals surface area contributed by atoms with E-state index in [0.717, 1.165) is 53.1 Å². The molecule has 2 N–H and O–H groups in total. The minimum atomic E-state index is -0.267. The fraction of sp³-hybridized carbons (Fsp3) is 0.280. The molecule has 4 nitrogen and oxygen atoms in total. The molecule has 0 aliphatic heterocycles. The van der Waals surface area contributed by atoms with Crippen molar-refractivity contribution in [3.8, 4) is 11.1 Å². The number of carbonyl (C=O) groups excluding carboxylic acids is 1. The number of hydrogen-bond acceptors (Lipinski definition) is 4. The van der Waals surface area contributed by atoms with Gasteiger partial charge >= 0.3 is 5.97 Å². The lowest BCUT2D eigenvalue weighted by atomic mass is 10.0. The first-order valence-corrected chi connectivity index (χ1v) is 11.9. The van der Waals surface area contributed by atoms with Crippen LogP contribution in [0.5, 0.6) is 0 Å². The number of nitrogens with one attached hydrogen (secondary N) is 2. The second kappa shape index (κ2) is 10.1. The predicted molar refractivity (Wildman–Crippen MR) is 133 cm³/mol. The van der Waals surface area contributed by atoms with Gasteiger partial charge in [-0.1, -0.05) is 55.0 Å². The Kier molecular flexibility index (Phi) is 6.99. The van der Waals surface area contributed by atoms with Crippen molar-refractivity contribution in [3.05, 3.63) is 70.6 Å². The number of thiocarbonyl (C=S) groups is 1. The molecule has 1 aliphatic carbocycles. The fourth-order valence-corrected chi connectivity index (χ4v) is 5.53. The molecule has 0 saturated carbocycles. The van der Waals surface area contributed by atoms with Gasteiger partial charge in [0.25, 0.3) is 0 Å². The molecule has 31 heavy (non-hydrogen) atoms. The highest BCUT2D eigenvalue weighted by Crippen LogP contribution is 2.38. The second-order valence-electron chi connectivity index (χ2n) is 7.48. The highest BCUT2D eigenvalue weighted by Gasteiger charge is 2.26. The van der Waals surface area contributed by atoms with Gasteiger partial charge in [0.2, 0.25) is 0 Å². The Hall–Kier alpha value is -2.70. The summed E-state index contributed by atoms with van der Waals surface area (Å²) in [5, 5.41) is 7.86. The first-order chi connectivity index (χ1) is 15.2. The molecule has 3 aromatic rings. The van der Waals surface area contributed by atoms with Crippen LogP contribution >= 0.6 is 23.6 Å². The average molecular weight is 451 g/mol. The average Bonchev–Trinajstić information content (AvgIpc) is 2.95. The maximum atomic E-state index is 12.8. The number of para-hydroxylation sites is 1. The van der Waals surface area contributed by atoms with Gasteiger partial charge in [0.15, 0.2) is 5.11 Å². The minimum Gasteiger partial charge on any atom is -0.462 e. The number of rotatable bonds is 5. The number of hydrogen-bond donors (Lipinski definition) is 2. The van der Waals surface area contributed by atoms with Crippen LogP contribution < -0.4 is 10.6 Å². The molecule has 0 amide bonds. The summed E-state index contributed by atoms with van der Waals surface area (Å²) in [4.78, 5) is 14.0. The monoisotopic (exact) mass is 450 g/mol. The van der Waals surface area contributed by atoms with E-state index in [1.54, 1.807) is 11.3 Å². The molecule has 0 bridgehead atoms. The van der Waals surface area contributed by atoms with Gasteiger partial charge in [0.05, 0.1) is 12.2 Å². The Morgan fingerprint density at radius 3 is 2.55 bits per heavy atom. The van der Waals surface area contributed by atoms with Gasteiger partial charge in [0, 0.05) is 16.1 Å². The summed E-state index contributed by atoms with van der Waals surface area (Å²) in [6, 6.07) is 18.3. The summed E-state index contributed by atoms with van der Waals surface area (Å²) >= 11 is 7.27. The van der Waals surface area contributed by atoms with Crippen molar-refractivity contribution in [2.75, 3.05) is 17.2 Å². The van der Waals surface area contributed by atoms with Gasteiger partial charge in [-0.2, -0.15) is 0 Å². The molecule has 4 rings (SSSR count). The van der Waals surface area contributed by atoms with Crippen LogP contribution in [0.1, 0.15) is 47.0 Å². The van der Waals surface area contributed by atoms with Crippen LogP contribution in [-0.4, -0.2) is 17.7 Å². The van der Waals surface area contributed by atoms with Crippen molar-refractivity contribution in [1.29, 1.82) is 0 Å². The number of ether oxygens (including phenoxy) is 1. The number of esters is 1. The molecule has 2 aromatic carbocycles. The van der Waals surface area contributed by atoms with Crippen molar-refractivity contribution in [2.24, 2.45) is 0 Å². The molecule has 1 heterocycles. The van der Waals surface area contributed by atoms with Crippen LogP contribution in [0.2, 0.25) is 0 Å². The molecule has 0 unspecified atom stereocenters. The van der Waals surface area contributed by atoms with E-state index in [0.29, 0.717) is 17.3 Å². The number of aryl methyl sites for hydroxylation is 1. The Morgan fingerprint density at radius 2 is 1.74 bits per heavy atom. The van der Waals surface area contributed by atoms with Crippen LogP contribution in [0, 0.1) is 0 Å². The largest absolute Gasteiger partial charge is 0.462 e. The van der Waals surface area contributed by atoms with Gasteiger partial charge in [-0.15, -0.1) is 11.3 Å². The summed E-state index contributed by atoms with van der Waals surface area (Å²) in [7, 11) is 0. The molecular weight excluding hydrogens is 424 g/mol. The molecule has 0 fully saturated rings. The van der Waals surface area contributed by atoms with E-state index in [1.165, 1.54) is 11.3 Å². The molecule has 1 aliphatic rings. The standard InChI is InChI=1S/C25H26N2O2S2/c1-2-29-24(28)22-19-14-7-4-8-16-21(19)31-23(22)27-25(30)26-20-15-10-9-13-18(20)17-11-5-3-6-12-17/h3,5-6,9-13,15H,2,4,7-8,14,16H2,1H3,(H2,26,27,30). The zero-order chi connectivity index (χ0) is 21.6. The van der Waals surface area contributed by atoms with E-state index >= 15 is 0 Å². The Balaban J connectivity index is 1.59. The van der Waals surface area contributed by atoms with Crippen molar-refractivity contribution in [2.45, 2.75) is 39.0 Å². The van der Waals surface area contributed by atoms with Crippen LogP contribution in [0.3, 0.4) is 0 Å². The lowest BCUT2D eigenvalue weighted by molar-refractivity contribution is 0.0527. The summed E-state index contributed by atoms with van der Waals surface area (Å²) < 4.78 is 5.37. The maximum absolute atomic E-state index is 12.8. The van der Waals surface area contributed by atoms with Gasteiger partial charge in [0.1, 0.15) is 5.00 Å². The van der Waals surface area contributed by atoms with E-state index in [-0.39, 0.29) is 5.97 Å². The van der Waals surface area contributed by atoms with E-state index in [4.69, 9.17) is 17.0 Å². The summed E-state index contributed by atoms with van der Waals surface area (Å²) in [6.45, 7) is 2.19. The molecule has 0 atom stereocenters. The van der Waals surface area contributed by atoms with Crippen LogP contribution in [0.15, 0.2) is 54.6 Å². The van der Waals surface area contributed by atoms with Crippen molar-refractivity contribution < 1.29 is 9.53 Å². The van der Waals surface area contributed by atoms with Crippen molar-refractivity contribution >= 4 is 45.3 Å². The molecule has 0 radical (unpaired) electrons. The molecule has 0 spiro atoms. The van der Waals surface area contributed by atoms with Crippen LogP contribution in [0.4, 0.5) is 10.7 Å². The van der Waals surface area contributed by atoms with Crippen LogP contribution in [-0.2, 0) is 17.6 Å². The quantitative estimate of drug-likeness (QED) is 0.258. The number of anilines is 2. The van der Waals surface area contributed by atoms with Gasteiger partial charge in [-0.3, -0.25) is 0 Å². The van der Waals surface area contributed by atoms with Crippen molar-refractivity contribution in [3.63, 3.8) is 0 Å². The van der Waals surface area contributed by atoms with Crippen molar-refractivity contribution in [1.82, 2.24) is 0 Å². The minimum absolute atomic E-state index is 0.267. The number of fused-ring (bicyclic) bond motifs is 1. The Bertz CT molecular complexity index is 1080. The molecular formula is C25H26N2O2S2. The number of thiophene rings is 1. The normalized spacial score (nSPS) is 13.1. The molecule has 0 saturated heterocycles. The predicted octanol–water partition coefficient (Wildman–Crippen LogP) is 6.67. The maximum Gasteiger partial charge on any atom is 0.341 e. The first kappa shape index (κ1) is 21.5. The van der Waals surface area contributed by atoms with Gasteiger partial charge < -0.3 is 15.4 Å². The van der Waals surface area contributed by atoms with Gasteiger partial charge in [-0.25, -0.2) is 4.79 Å². The third-order valence-electron chi connectivity index (χ3n) is 5.39.